The quantitative estimate of drug-likeness (QED) is 0.146. The van der Waals surface area contributed by atoms with Gasteiger partial charge < -0.3 is 10.2 Å². The van der Waals surface area contributed by atoms with Crippen LogP contribution in [0.2, 0.25) is 0 Å². The molecule has 0 heterocycles. The van der Waals surface area contributed by atoms with E-state index in [9.17, 15) is 5.11 Å². The maximum atomic E-state index is 10.2. The molecule has 0 fully saturated rings. The van der Waals surface area contributed by atoms with Crippen LogP contribution in [0.1, 0.15) is 0 Å². The lowest BCUT2D eigenvalue weighted by Crippen LogP contribution is -2.20. The summed E-state index contributed by atoms with van der Waals surface area (Å²) < 4.78 is 0.894. The summed E-state index contributed by atoms with van der Waals surface area (Å²) in [5.41, 5.74) is 0. The van der Waals surface area contributed by atoms with Gasteiger partial charge in [-0.05, 0) is 69.9 Å². The van der Waals surface area contributed by atoms with Gasteiger partial charge in [0, 0.05) is 5.30 Å². The fourth-order valence-corrected chi connectivity index (χ4v) is 7.67. The third-order valence-electron chi connectivity index (χ3n) is 5.84. The Morgan fingerprint density at radius 1 is 0.415 bits per heavy atom. The minimum absolute atomic E-state index is 0.355. The summed E-state index contributed by atoms with van der Waals surface area (Å²) in [4.78, 5) is 0. The molecule has 0 spiro atoms. The van der Waals surface area contributed by atoms with Crippen molar-refractivity contribution in [1.82, 2.24) is 0 Å². The number of phenols is 2. The Morgan fingerprint density at radius 2 is 0.780 bits per heavy atom. The van der Waals surface area contributed by atoms with Crippen LogP contribution in [0.5, 0.6) is 11.5 Å². The minimum Gasteiger partial charge on any atom is -0.507 e. The van der Waals surface area contributed by atoms with Crippen LogP contribution in [-0.4, -0.2) is 10.2 Å². The number of hydrogen-bond acceptors (Lipinski definition) is 2. The standard InChI is InChI=1S/C18H15OP.C12H11P.C6H5IO/c19-17-13-7-8-14-18(17)20(15-9-3-1-4-10-15)16-11-5-2-6-12-16;1-3-7-11(8-4-1)13-12-9-5-2-6-10-12;7-5-3-1-2-4-6(5)8/h1-14,19H;1-10,13H;1-4,8H. The molecule has 0 bridgehead atoms. The fraction of sp³-hybridized carbons (Fsp3) is 0. The average molecular weight is 684 g/mol. The van der Waals surface area contributed by atoms with Gasteiger partial charge in [-0.25, -0.2) is 0 Å². The first-order valence-corrected chi connectivity index (χ1v) is 16.5. The van der Waals surface area contributed by atoms with Crippen LogP contribution < -0.4 is 26.5 Å². The molecule has 6 aromatic rings. The molecule has 2 N–H and O–H groups in total. The van der Waals surface area contributed by atoms with Crippen molar-refractivity contribution in [3.05, 3.63) is 173 Å². The van der Waals surface area contributed by atoms with Crippen molar-refractivity contribution in [2.45, 2.75) is 0 Å². The van der Waals surface area contributed by atoms with Gasteiger partial charge in [0.1, 0.15) is 11.5 Å². The highest BCUT2D eigenvalue weighted by molar-refractivity contribution is 14.1. The highest BCUT2D eigenvalue weighted by atomic mass is 127. The molecule has 0 aliphatic heterocycles. The molecule has 0 aromatic heterocycles. The van der Waals surface area contributed by atoms with Crippen LogP contribution in [0.4, 0.5) is 0 Å². The van der Waals surface area contributed by atoms with Crippen molar-refractivity contribution in [1.29, 1.82) is 0 Å². The van der Waals surface area contributed by atoms with E-state index >= 15 is 0 Å². The zero-order chi connectivity index (χ0) is 28.7. The molecule has 0 aliphatic rings. The van der Waals surface area contributed by atoms with Gasteiger partial charge >= 0.3 is 0 Å². The maximum absolute atomic E-state index is 10.2. The average Bonchev–Trinajstić information content (AvgIpc) is 3.03. The first-order valence-electron chi connectivity index (χ1n) is 13.1. The molecule has 0 unspecified atom stereocenters. The Kier molecular flexibility index (Phi) is 12.4. The number of aromatic hydroxyl groups is 2. The molecular formula is C36H31IO2P2. The van der Waals surface area contributed by atoms with Crippen molar-refractivity contribution in [3.8, 4) is 11.5 Å². The predicted molar refractivity (Wildman–Crippen MR) is 188 cm³/mol. The van der Waals surface area contributed by atoms with Gasteiger partial charge in [0.2, 0.25) is 0 Å². The van der Waals surface area contributed by atoms with Gasteiger partial charge in [0.15, 0.2) is 0 Å². The molecule has 5 heteroatoms. The zero-order valence-electron chi connectivity index (χ0n) is 22.4. The number of hydrogen-bond donors (Lipinski definition) is 2. The Labute approximate surface area is 259 Å². The third kappa shape index (κ3) is 9.83. The zero-order valence-corrected chi connectivity index (χ0v) is 26.4. The topological polar surface area (TPSA) is 40.5 Å². The van der Waals surface area contributed by atoms with Gasteiger partial charge in [-0.15, -0.1) is 0 Å². The van der Waals surface area contributed by atoms with Gasteiger partial charge in [0.25, 0.3) is 0 Å². The molecule has 0 amide bonds. The number of para-hydroxylation sites is 2. The smallest absolute Gasteiger partial charge is 0.128 e. The van der Waals surface area contributed by atoms with Gasteiger partial charge in [-0.2, -0.15) is 0 Å². The van der Waals surface area contributed by atoms with E-state index in [1.54, 1.807) is 18.2 Å². The number of halogens is 1. The van der Waals surface area contributed by atoms with Crippen molar-refractivity contribution in [2.75, 3.05) is 0 Å². The van der Waals surface area contributed by atoms with E-state index in [2.05, 4.69) is 108 Å². The molecule has 0 aliphatic carbocycles. The Hall–Kier alpha value is -3.49. The second-order valence-electron chi connectivity index (χ2n) is 8.80. The molecule has 6 rings (SSSR count). The lowest BCUT2D eigenvalue weighted by Gasteiger charge is -2.20. The molecule has 0 saturated carbocycles. The van der Waals surface area contributed by atoms with E-state index in [-0.39, 0.29) is 0 Å². The summed E-state index contributed by atoms with van der Waals surface area (Å²) in [6.45, 7) is 0. The number of benzene rings is 6. The van der Waals surface area contributed by atoms with E-state index in [0.717, 1.165) is 17.5 Å². The lowest BCUT2D eigenvalue weighted by atomic mass is 10.3. The molecular weight excluding hydrogens is 653 g/mol. The summed E-state index contributed by atoms with van der Waals surface area (Å²) in [7, 11) is 0.0599. The third-order valence-corrected chi connectivity index (χ3v) is 10.5. The van der Waals surface area contributed by atoms with Crippen LogP contribution in [-0.2, 0) is 0 Å². The Bertz CT molecular complexity index is 1480. The van der Waals surface area contributed by atoms with E-state index in [0.29, 0.717) is 11.5 Å². The van der Waals surface area contributed by atoms with Gasteiger partial charge in [0.05, 0.1) is 3.57 Å². The fourth-order valence-electron chi connectivity index (χ4n) is 3.90. The first-order chi connectivity index (χ1) is 20.1. The summed E-state index contributed by atoms with van der Waals surface area (Å²) in [5, 5.41) is 25.4. The summed E-state index contributed by atoms with van der Waals surface area (Å²) in [6.07, 6.45) is 0. The van der Waals surface area contributed by atoms with Gasteiger partial charge in [-0.1, -0.05) is 160 Å². The Morgan fingerprint density at radius 3 is 1.17 bits per heavy atom. The first kappa shape index (κ1) is 30.5. The van der Waals surface area contributed by atoms with Crippen molar-refractivity contribution in [2.24, 2.45) is 0 Å². The SMILES string of the molecule is Oc1ccccc1I.Oc1ccccc1P(c1ccccc1)c1ccccc1.c1ccc(Pc2ccccc2)cc1. The van der Waals surface area contributed by atoms with E-state index in [1.807, 2.05) is 66.7 Å². The summed E-state index contributed by atoms with van der Waals surface area (Å²) >= 11 is 2.07. The molecule has 204 valence electrons. The van der Waals surface area contributed by atoms with Crippen LogP contribution >= 0.6 is 39.1 Å². The van der Waals surface area contributed by atoms with Crippen molar-refractivity contribution < 1.29 is 10.2 Å². The molecule has 6 aromatic carbocycles. The highest BCUT2D eigenvalue weighted by Gasteiger charge is 2.18. The molecule has 2 nitrogen and oxygen atoms in total. The maximum Gasteiger partial charge on any atom is 0.128 e. The predicted octanol–water partition coefficient (Wildman–Crippen LogP) is 7.46. The second-order valence-corrected chi connectivity index (χ2v) is 13.6. The van der Waals surface area contributed by atoms with E-state index < -0.39 is 7.92 Å². The highest BCUT2D eigenvalue weighted by Crippen LogP contribution is 2.35. The monoisotopic (exact) mass is 684 g/mol. The summed E-state index contributed by atoms with van der Waals surface area (Å²) in [5.74, 6) is 0.722. The second kappa shape index (κ2) is 16.7. The van der Waals surface area contributed by atoms with Crippen LogP contribution in [0.25, 0.3) is 0 Å². The van der Waals surface area contributed by atoms with E-state index in [1.165, 1.54) is 21.2 Å². The van der Waals surface area contributed by atoms with Crippen molar-refractivity contribution in [3.63, 3.8) is 0 Å². The number of rotatable bonds is 5. The van der Waals surface area contributed by atoms with Crippen LogP contribution in [0.3, 0.4) is 0 Å². The largest absolute Gasteiger partial charge is 0.507 e. The Balaban J connectivity index is 0.000000158. The van der Waals surface area contributed by atoms with Crippen LogP contribution in [0.15, 0.2) is 170 Å². The molecule has 0 radical (unpaired) electrons. The van der Waals surface area contributed by atoms with E-state index in [4.69, 9.17) is 5.11 Å². The van der Waals surface area contributed by atoms with Crippen molar-refractivity contribution >= 4 is 65.6 Å². The molecule has 0 saturated heterocycles. The van der Waals surface area contributed by atoms with Gasteiger partial charge in [-0.3, -0.25) is 0 Å². The minimum atomic E-state index is -0.717. The molecule has 41 heavy (non-hydrogen) atoms. The number of phenolic OH excluding ortho intramolecular Hbond substituents is 2. The normalized spacial score (nSPS) is 10.1. The summed E-state index contributed by atoms with van der Waals surface area (Å²) in [6, 6.07) is 56.8. The lowest BCUT2D eigenvalue weighted by molar-refractivity contribution is 0.471. The van der Waals surface area contributed by atoms with Crippen LogP contribution in [0, 0.1) is 3.57 Å². The molecule has 0 atom stereocenters.